The number of carbonyl (C=O) groups excluding carboxylic acids is 2. The Balaban J connectivity index is 3.54. The Hall–Kier alpha value is -1.06. The van der Waals surface area contributed by atoms with Crippen molar-refractivity contribution in [2.75, 3.05) is 0 Å². The minimum Gasteiger partial charge on any atom is -0.447 e. The average molecular weight is 145 g/mol. The van der Waals surface area contributed by atoms with Gasteiger partial charge in [0.1, 0.15) is 0 Å². The van der Waals surface area contributed by atoms with E-state index in [-0.39, 0.29) is 6.10 Å². The Morgan fingerprint density at radius 1 is 1.40 bits per heavy atom. The number of carbonyl (C=O) groups is 2. The van der Waals surface area contributed by atoms with Gasteiger partial charge in [0.2, 0.25) is 5.91 Å². The normalized spacial score (nSPS) is 9.20. The fourth-order valence-electron chi connectivity index (χ4n) is 0.387. The van der Waals surface area contributed by atoms with Gasteiger partial charge in [0.15, 0.2) is 0 Å². The molecule has 0 aromatic carbocycles. The largest absolute Gasteiger partial charge is 0.447 e. The summed E-state index contributed by atoms with van der Waals surface area (Å²) in [6, 6.07) is 0. The summed E-state index contributed by atoms with van der Waals surface area (Å²) in [6.07, 6.45) is -0.887. The first kappa shape index (κ1) is 8.94. The van der Waals surface area contributed by atoms with E-state index in [4.69, 9.17) is 0 Å². The molecule has 0 bridgehead atoms. The van der Waals surface area contributed by atoms with E-state index in [0.717, 1.165) is 0 Å². The van der Waals surface area contributed by atoms with Crippen molar-refractivity contribution in [2.45, 2.75) is 26.9 Å². The number of ether oxygens (including phenoxy) is 1. The van der Waals surface area contributed by atoms with Crippen molar-refractivity contribution in [3.63, 3.8) is 0 Å². The van der Waals surface area contributed by atoms with Crippen LogP contribution >= 0.6 is 0 Å². The van der Waals surface area contributed by atoms with Crippen LogP contribution in [0, 0.1) is 0 Å². The molecule has 4 heteroatoms. The van der Waals surface area contributed by atoms with Crippen LogP contribution in [0.5, 0.6) is 0 Å². The lowest BCUT2D eigenvalue weighted by atomic mass is 10.5. The summed E-state index contributed by atoms with van der Waals surface area (Å²) in [4.78, 5) is 20.7. The molecule has 1 N–H and O–H groups in total. The smallest absolute Gasteiger partial charge is 0.414 e. The summed E-state index contributed by atoms with van der Waals surface area (Å²) in [6.45, 7) is 4.67. The van der Waals surface area contributed by atoms with Gasteiger partial charge in [-0.05, 0) is 13.8 Å². The van der Waals surface area contributed by atoms with Crippen LogP contribution in [-0.4, -0.2) is 18.1 Å². The molecule has 0 aromatic heterocycles. The highest BCUT2D eigenvalue weighted by molar-refractivity contribution is 5.90. The molecular formula is C6H11NO3. The van der Waals surface area contributed by atoms with Crippen molar-refractivity contribution in [2.24, 2.45) is 0 Å². The van der Waals surface area contributed by atoms with Gasteiger partial charge in [-0.3, -0.25) is 10.1 Å². The summed E-state index contributed by atoms with van der Waals surface area (Å²) >= 11 is 0. The van der Waals surface area contributed by atoms with Crippen LogP contribution in [0.4, 0.5) is 4.79 Å². The minimum atomic E-state index is -0.692. The Labute approximate surface area is 59.6 Å². The third-order valence-electron chi connectivity index (χ3n) is 0.621. The van der Waals surface area contributed by atoms with Gasteiger partial charge in [-0.1, -0.05) is 0 Å². The van der Waals surface area contributed by atoms with Crippen molar-refractivity contribution in [1.29, 1.82) is 0 Å². The second kappa shape index (κ2) is 3.87. The third kappa shape index (κ3) is 5.08. The number of rotatable bonds is 1. The summed E-state index contributed by atoms with van der Waals surface area (Å²) in [5, 5.41) is 1.97. The van der Waals surface area contributed by atoms with Gasteiger partial charge in [-0.15, -0.1) is 0 Å². The van der Waals surface area contributed by atoms with Crippen molar-refractivity contribution in [1.82, 2.24) is 5.32 Å². The molecule has 0 unspecified atom stereocenters. The zero-order valence-electron chi connectivity index (χ0n) is 6.30. The molecule has 10 heavy (non-hydrogen) atoms. The number of nitrogens with one attached hydrogen (secondary N) is 1. The van der Waals surface area contributed by atoms with E-state index in [1.165, 1.54) is 6.92 Å². The molecular weight excluding hydrogens is 134 g/mol. The van der Waals surface area contributed by atoms with Crippen LogP contribution in [0.3, 0.4) is 0 Å². The van der Waals surface area contributed by atoms with E-state index in [1.807, 2.05) is 5.32 Å². The molecule has 0 rings (SSSR count). The van der Waals surface area contributed by atoms with Gasteiger partial charge >= 0.3 is 6.09 Å². The standard InChI is InChI=1S/C6H11NO3/c1-4(2)10-6(9)7-5(3)8/h4H,1-3H3,(H,7,8,9). The quantitative estimate of drug-likeness (QED) is 0.590. The molecule has 0 aromatic rings. The highest BCUT2D eigenvalue weighted by Crippen LogP contribution is 1.87. The fraction of sp³-hybridized carbons (Fsp3) is 0.667. The van der Waals surface area contributed by atoms with Crippen molar-refractivity contribution >= 4 is 12.0 Å². The predicted octanol–water partition coefficient (Wildman–Crippen LogP) is 0.667. The number of alkyl carbamates (subject to hydrolysis) is 1. The molecule has 0 aliphatic carbocycles. The fourth-order valence-corrected chi connectivity index (χ4v) is 0.387. The second-order valence-electron chi connectivity index (χ2n) is 2.14. The zero-order valence-corrected chi connectivity index (χ0v) is 6.30. The van der Waals surface area contributed by atoms with Gasteiger partial charge in [0.25, 0.3) is 0 Å². The molecule has 0 radical (unpaired) electrons. The first-order valence-electron chi connectivity index (χ1n) is 3.00. The molecule has 0 saturated carbocycles. The molecule has 0 aliphatic heterocycles. The Morgan fingerprint density at radius 3 is 2.20 bits per heavy atom. The third-order valence-corrected chi connectivity index (χ3v) is 0.621. The average Bonchev–Trinajstić information content (AvgIpc) is 1.58. The first-order valence-corrected chi connectivity index (χ1v) is 3.00. The highest BCUT2D eigenvalue weighted by atomic mass is 16.6. The first-order chi connectivity index (χ1) is 4.52. The van der Waals surface area contributed by atoms with Gasteiger partial charge in [0.05, 0.1) is 6.10 Å². The maximum absolute atomic E-state index is 10.5. The molecule has 0 fully saturated rings. The van der Waals surface area contributed by atoms with Crippen LogP contribution in [0.2, 0.25) is 0 Å². The van der Waals surface area contributed by atoms with Crippen LogP contribution in [-0.2, 0) is 9.53 Å². The van der Waals surface area contributed by atoms with Crippen molar-refractivity contribution < 1.29 is 14.3 Å². The Kier molecular flexibility index (Phi) is 3.46. The van der Waals surface area contributed by atoms with E-state index in [0.29, 0.717) is 0 Å². The van der Waals surface area contributed by atoms with Crippen LogP contribution < -0.4 is 5.32 Å². The molecule has 4 nitrogen and oxygen atoms in total. The molecule has 0 spiro atoms. The van der Waals surface area contributed by atoms with Gasteiger partial charge < -0.3 is 4.74 Å². The monoisotopic (exact) mass is 145 g/mol. The lowest BCUT2D eigenvalue weighted by Crippen LogP contribution is -2.30. The van der Waals surface area contributed by atoms with E-state index in [9.17, 15) is 9.59 Å². The molecule has 0 aliphatic rings. The van der Waals surface area contributed by atoms with Crippen LogP contribution in [0.1, 0.15) is 20.8 Å². The van der Waals surface area contributed by atoms with Crippen LogP contribution in [0.25, 0.3) is 0 Å². The minimum absolute atomic E-state index is 0.195. The van der Waals surface area contributed by atoms with Gasteiger partial charge in [0, 0.05) is 6.92 Å². The lowest BCUT2D eigenvalue weighted by Gasteiger charge is -2.06. The van der Waals surface area contributed by atoms with Crippen LogP contribution in [0.15, 0.2) is 0 Å². The molecule has 0 saturated heterocycles. The number of hydrogen-bond acceptors (Lipinski definition) is 3. The summed E-state index contributed by atoms with van der Waals surface area (Å²) in [5.74, 6) is -0.411. The van der Waals surface area contributed by atoms with Crippen molar-refractivity contribution in [3.05, 3.63) is 0 Å². The second-order valence-corrected chi connectivity index (χ2v) is 2.14. The highest BCUT2D eigenvalue weighted by Gasteiger charge is 2.04. The number of imide groups is 1. The molecule has 0 heterocycles. The lowest BCUT2D eigenvalue weighted by molar-refractivity contribution is -0.118. The SMILES string of the molecule is CC(=O)NC(=O)OC(C)C. The summed E-state index contributed by atoms with van der Waals surface area (Å²) < 4.78 is 4.59. The molecule has 2 amide bonds. The maximum atomic E-state index is 10.5. The number of amides is 2. The maximum Gasteiger partial charge on any atom is 0.414 e. The van der Waals surface area contributed by atoms with E-state index in [1.54, 1.807) is 13.8 Å². The van der Waals surface area contributed by atoms with Gasteiger partial charge in [-0.25, -0.2) is 4.79 Å². The van der Waals surface area contributed by atoms with Gasteiger partial charge in [-0.2, -0.15) is 0 Å². The zero-order chi connectivity index (χ0) is 8.15. The van der Waals surface area contributed by atoms with E-state index < -0.39 is 12.0 Å². The van der Waals surface area contributed by atoms with E-state index in [2.05, 4.69) is 4.74 Å². The molecule has 0 atom stereocenters. The Morgan fingerprint density at radius 2 is 1.90 bits per heavy atom. The summed E-state index contributed by atoms with van der Waals surface area (Å²) in [7, 11) is 0. The van der Waals surface area contributed by atoms with Crippen molar-refractivity contribution in [3.8, 4) is 0 Å². The van der Waals surface area contributed by atoms with E-state index >= 15 is 0 Å². The topological polar surface area (TPSA) is 55.4 Å². The summed E-state index contributed by atoms with van der Waals surface area (Å²) in [5.41, 5.74) is 0. The Bertz CT molecular complexity index is 142. The predicted molar refractivity (Wildman–Crippen MR) is 35.4 cm³/mol. The number of hydrogen-bond donors (Lipinski definition) is 1. The molecule has 58 valence electrons.